The van der Waals surface area contributed by atoms with E-state index in [2.05, 4.69) is 119 Å². The van der Waals surface area contributed by atoms with E-state index in [0.717, 1.165) is 152 Å². The number of aromatic nitrogens is 7. The Morgan fingerprint density at radius 2 is 0.906 bits per heavy atom. The van der Waals surface area contributed by atoms with Crippen LogP contribution >= 0.6 is 27.5 Å². The second-order valence-corrected chi connectivity index (χ2v) is 34.4. The number of amides is 3. The number of benzene rings is 9. The van der Waals surface area contributed by atoms with Gasteiger partial charge in [-0.05, 0) is 238 Å². The lowest BCUT2D eigenvalue weighted by Gasteiger charge is -2.24. The smallest absolute Gasteiger partial charge is 0.261 e. The molecule has 2 saturated carbocycles. The fourth-order valence-corrected chi connectivity index (χ4v) is 17.3. The van der Waals surface area contributed by atoms with Crippen LogP contribution < -0.4 is 42.9 Å². The number of carbonyl (C=O) groups is 3. The first-order valence-electron chi connectivity index (χ1n) is 44.0. The predicted molar refractivity (Wildman–Crippen MR) is 521 cm³/mol. The van der Waals surface area contributed by atoms with Crippen LogP contribution in [0.3, 0.4) is 0 Å². The van der Waals surface area contributed by atoms with Crippen molar-refractivity contribution in [3.05, 3.63) is 360 Å². The van der Waals surface area contributed by atoms with E-state index in [9.17, 15) is 33.6 Å². The molecule has 0 atom stereocenters. The molecule has 3 amide bonds. The summed E-state index contributed by atoms with van der Waals surface area (Å²) in [6, 6.07) is 74.0. The highest BCUT2D eigenvalue weighted by molar-refractivity contribution is 9.10. The maximum absolute atomic E-state index is 13.3. The maximum Gasteiger partial charge on any atom is 0.261 e. The average molecular weight is 1780 g/mol. The Balaban J connectivity index is 0.000000145. The van der Waals surface area contributed by atoms with Gasteiger partial charge in [0.15, 0.2) is 5.82 Å². The first kappa shape index (κ1) is 91.6. The molecule has 0 unspecified atom stereocenters. The summed E-state index contributed by atoms with van der Waals surface area (Å²) in [4.78, 5) is 109. The molecule has 9 aromatic carbocycles. The van der Waals surface area contributed by atoms with Crippen molar-refractivity contribution in [2.75, 3.05) is 22.6 Å². The van der Waals surface area contributed by atoms with E-state index in [1.807, 2.05) is 229 Å². The standard InChI is InChI=1S/C30H30N2O2.C26H27ClN2O2.C26H28N2O2.C25H25BrN4O2/c1-3-4-6-9-22-14-18-24(19-15-22)27-20-26(23-16-12-21(2)13-17-23)28(30(34)32-27)29(33)31-25-10-7-5-8-11-25;1-16-8-12-18(13-9-16)21-22(25(30)28-20-14-10-17(2)11-15-20)26(31)29-24(23(21)27)19-6-4-3-5-7-19;1-17-8-12-19(13-9-17)22-16-23(20-6-4-3-5-7-20)28-26(30)24(22)25(29)27-21-14-10-18(2)11-15-21;1-4-5-12-32-19-10-8-17(9-11-19)23-22(26)20(18-7-6-15(2)16(3)13-18)21(25(31)29-23)24-27-14-28-30-24/h5,7-8,10-20H,3-4,6,9H2,1-2H3,(H,31,33)(H,32,34);8-15,19H,3-7H2,1-2H3,(H,28,30)(H,29,31);8-16,20H,3-7H2,1-2H3,(H,27,29)(H,28,30);6-11,13-14H,4-5,12H2,1-3H3,(H,29,31)(H,27,28,30). The molecule has 0 radical (unpaired) electrons. The molecular formula is C107H110BrClN10O8. The summed E-state index contributed by atoms with van der Waals surface area (Å²) < 4.78 is 6.56. The molecule has 0 saturated heterocycles. The van der Waals surface area contributed by atoms with Crippen molar-refractivity contribution in [2.24, 2.45) is 0 Å². The van der Waals surface area contributed by atoms with Gasteiger partial charge in [0.05, 0.1) is 27.4 Å². The third-order valence-electron chi connectivity index (χ3n) is 23.6. The number of unbranched alkanes of at least 4 members (excludes halogenated alkanes) is 3. The number of nitrogens with one attached hydrogen (secondary N) is 8. The van der Waals surface area contributed by atoms with Crippen molar-refractivity contribution >= 4 is 62.3 Å². The number of halogens is 2. The fourth-order valence-electron chi connectivity index (χ4n) is 16.1. The molecule has 0 aliphatic heterocycles. The molecule has 8 N–H and O–H groups in total. The van der Waals surface area contributed by atoms with Crippen LogP contribution in [0.2, 0.25) is 5.02 Å². The Bertz CT molecular complexity index is 6380. The zero-order valence-corrected chi connectivity index (χ0v) is 76.0. The number of H-pyrrole nitrogens is 5. The third kappa shape index (κ3) is 23.5. The molecule has 20 heteroatoms. The largest absolute Gasteiger partial charge is 0.494 e. The van der Waals surface area contributed by atoms with Gasteiger partial charge in [-0.3, -0.25) is 38.7 Å². The van der Waals surface area contributed by atoms with Gasteiger partial charge < -0.3 is 40.6 Å². The molecule has 16 rings (SSSR count). The van der Waals surface area contributed by atoms with Gasteiger partial charge in [0, 0.05) is 62.3 Å². The molecule has 2 fully saturated rings. The SMILES string of the molecule is CCCCCc1ccc(-c2cc(-c3ccc(C)cc3)c(C(=O)Nc3ccccc3)c(=O)[nH]2)cc1.CCCCOc1ccc(-c2[nH]c(=O)c(-c3ncn[nH]3)c(-c3ccc(C)c(C)c3)c2Br)cc1.Cc1ccc(NC(=O)c2c(-c3ccc(C)cc3)c(Cl)c(C3CCCCC3)[nH]c2=O)cc1.Cc1ccc(NC(=O)c2c(-c3ccc(C)cc3)cc(C3CCCCC3)[nH]c2=O)cc1. The quantitative estimate of drug-likeness (QED) is 0.0281. The predicted octanol–water partition coefficient (Wildman–Crippen LogP) is 25.6. The summed E-state index contributed by atoms with van der Waals surface area (Å²) in [7, 11) is 0. The number of aromatic amines is 5. The molecule has 5 aromatic heterocycles. The highest BCUT2D eigenvalue weighted by Crippen LogP contribution is 2.43. The van der Waals surface area contributed by atoms with E-state index in [0.29, 0.717) is 74.1 Å². The number of pyridine rings is 4. The van der Waals surface area contributed by atoms with E-state index < -0.39 is 22.9 Å². The molecule has 14 aromatic rings. The summed E-state index contributed by atoms with van der Waals surface area (Å²) in [6.45, 7) is 19.2. The van der Waals surface area contributed by atoms with E-state index in [1.54, 1.807) is 12.1 Å². The molecular weight excluding hydrogens is 1670 g/mol. The highest BCUT2D eigenvalue weighted by Gasteiger charge is 2.30. The number of carbonyl (C=O) groups excluding carboxylic acids is 3. The van der Waals surface area contributed by atoms with E-state index in [4.69, 9.17) is 16.3 Å². The maximum atomic E-state index is 13.3. The number of hydrogen-bond acceptors (Lipinski definition) is 10. The van der Waals surface area contributed by atoms with Crippen molar-refractivity contribution in [3.8, 4) is 84.2 Å². The minimum absolute atomic E-state index is 0.0500. The monoisotopic (exact) mass is 1780 g/mol. The molecule has 2 aliphatic carbocycles. The highest BCUT2D eigenvalue weighted by atomic mass is 79.9. The molecule has 127 heavy (non-hydrogen) atoms. The van der Waals surface area contributed by atoms with Crippen LogP contribution in [-0.2, 0) is 6.42 Å². The summed E-state index contributed by atoms with van der Waals surface area (Å²) >= 11 is 10.7. The van der Waals surface area contributed by atoms with E-state index >= 15 is 0 Å². The van der Waals surface area contributed by atoms with Crippen molar-refractivity contribution in [1.82, 2.24) is 35.1 Å². The van der Waals surface area contributed by atoms with Gasteiger partial charge in [0.25, 0.3) is 40.0 Å². The van der Waals surface area contributed by atoms with Crippen LogP contribution in [0.5, 0.6) is 5.75 Å². The Morgan fingerprint density at radius 3 is 1.43 bits per heavy atom. The molecule has 2 aliphatic rings. The van der Waals surface area contributed by atoms with Gasteiger partial charge in [0.1, 0.15) is 28.8 Å². The van der Waals surface area contributed by atoms with Gasteiger partial charge in [-0.2, -0.15) is 5.10 Å². The van der Waals surface area contributed by atoms with Gasteiger partial charge in [-0.25, -0.2) is 4.98 Å². The number of rotatable bonds is 23. The molecule has 650 valence electrons. The molecule has 5 heterocycles. The topological polar surface area (TPSA) is 270 Å². The number of hydrogen-bond donors (Lipinski definition) is 8. The second kappa shape index (κ2) is 43.7. The Morgan fingerprint density at radius 1 is 0.433 bits per heavy atom. The van der Waals surface area contributed by atoms with Crippen LogP contribution in [0.25, 0.3) is 78.4 Å². The van der Waals surface area contributed by atoms with Crippen molar-refractivity contribution in [3.63, 3.8) is 0 Å². The lowest BCUT2D eigenvalue weighted by Crippen LogP contribution is -2.27. The zero-order chi connectivity index (χ0) is 89.6. The summed E-state index contributed by atoms with van der Waals surface area (Å²) in [5.41, 5.74) is 21.4. The van der Waals surface area contributed by atoms with Crippen LogP contribution in [-0.4, -0.2) is 59.4 Å². The average Bonchev–Trinajstić information content (AvgIpc) is 1.76. The molecule has 18 nitrogen and oxygen atoms in total. The number of anilines is 3. The lowest BCUT2D eigenvalue weighted by molar-refractivity contribution is 0.101. The summed E-state index contributed by atoms with van der Waals surface area (Å²) in [5, 5.41) is 15.8. The van der Waals surface area contributed by atoms with E-state index in [1.165, 1.54) is 62.4 Å². The summed E-state index contributed by atoms with van der Waals surface area (Å²) in [6.07, 6.45) is 19.4. The van der Waals surface area contributed by atoms with E-state index in [-0.39, 0.29) is 39.6 Å². The number of para-hydroxylation sites is 1. The minimum atomic E-state index is -0.460. The number of aryl methyl sites for hydroxylation is 8. The summed E-state index contributed by atoms with van der Waals surface area (Å²) in [5.74, 6) is 0.529. The van der Waals surface area contributed by atoms with Crippen LogP contribution in [0.15, 0.2) is 261 Å². The van der Waals surface area contributed by atoms with Crippen LogP contribution in [0.4, 0.5) is 17.1 Å². The van der Waals surface area contributed by atoms with Crippen LogP contribution in [0, 0.1) is 48.5 Å². The Kier molecular flexibility index (Phi) is 31.5. The third-order valence-corrected chi connectivity index (χ3v) is 24.8. The van der Waals surface area contributed by atoms with Gasteiger partial charge in [-0.1, -0.05) is 269 Å². The van der Waals surface area contributed by atoms with Gasteiger partial charge >= 0.3 is 0 Å². The first-order chi connectivity index (χ1) is 61.5. The van der Waals surface area contributed by atoms with Crippen LogP contribution in [0.1, 0.15) is 209 Å². The number of ether oxygens (including phenoxy) is 1. The second-order valence-electron chi connectivity index (χ2n) is 33.2. The van der Waals surface area contributed by atoms with Gasteiger partial charge in [-0.15, -0.1) is 0 Å². The lowest BCUT2D eigenvalue weighted by atomic mass is 9.85. The zero-order valence-electron chi connectivity index (χ0n) is 73.6. The Labute approximate surface area is 755 Å². The minimum Gasteiger partial charge on any atom is -0.494 e. The van der Waals surface area contributed by atoms with Crippen molar-refractivity contribution < 1.29 is 19.1 Å². The fraction of sp³-hybridized carbons (Fsp3) is 0.262. The Hall–Kier alpha value is -13.1. The van der Waals surface area contributed by atoms with Crippen molar-refractivity contribution in [1.29, 1.82) is 0 Å². The number of nitrogens with zero attached hydrogens (tertiary/aromatic N) is 2. The molecule has 0 bridgehead atoms. The molecule has 0 spiro atoms. The van der Waals surface area contributed by atoms with Crippen molar-refractivity contribution in [2.45, 2.75) is 177 Å². The van der Waals surface area contributed by atoms with Gasteiger partial charge in [0.2, 0.25) is 0 Å². The first-order valence-corrected chi connectivity index (χ1v) is 45.2. The normalized spacial score (nSPS) is 12.6.